The molecule has 3 aromatic rings. The lowest BCUT2D eigenvalue weighted by atomic mass is 10.0. The highest BCUT2D eigenvalue weighted by Crippen LogP contribution is 2.29. The van der Waals surface area contributed by atoms with Crippen molar-refractivity contribution in [2.75, 3.05) is 12.4 Å². The van der Waals surface area contributed by atoms with Gasteiger partial charge in [-0.05, 0) is 29.7 Å². The maximum Gasteiger partial charge on any atom is 0.248 e. The SMILES string of the molecule is COc1ccc2nc(NC(=O)C(NC(=O)Cc3ccccc3)C(C)C)sc2c1. The van der Waals surface area contributed by atoms with Crippen molar-refractivity contribution in [1.29, 1.82) is 0 Å². The van der Waals surface area contributed by atoms with Crippen LogP contribution in [0, 0.1) is 5.92 Å². The second kappa shape index (κ2) is 8.84. The highest BCUT2D eigenvalue weighted by atomic mass is 32.1. The topological polar surface area (TPSA) is 80.3 Å². The molecule has 0 saturated heterocycles. The summed E-state index contributed by atoms with van der Waals surface area (Å²) in [5.74, 6) is 0.216. The number of hydrogen-bond donors (Lipinski definition) is 2. The lowest BCUT2D eigenvalue weighted by Gasteiger charge is -2.21. The third-order valence-corrected chi connectivity index (χ3v) is 5.23. The summed E-state index contributed by atoms with van der Waals surface area (Å²) in [5.41, 5.74) is 1.69. The van der Waals surface area contributed by atoms with Crippen molar-refractivity contribution in [2.45, 2.75) is 26.3 Å². The van der Waals surface area contributed by atoms with Gasteiger partial charge in [0, 0.05) is 0 Å². The zero-order chi connectivity index (χ0) is 20.1. The minimum absolute atomic E-state index is 0.0609. The van der Waals surface area contributed by atoms with Crippen LogP contribution in [0.4, 0.5) is 5.13 Å². The van der Waals surface area contributed by atoms with Crippen LogP contribution in [0.3, 0.4) is 0 Å². The summed E-state index contributed by atoms with van der Waals surface area (Å²) in [4.78, 5) is 29.6. The molecule has 0 radical (unpaired) electrons. The number of nitrogens with one attached hydrogen (secondary N) is 2. The Hall–Kier alpha value is -2.93. The molecule has 0 saturated carbocycles. The largest absolute Gasteiger partial charge is 0.497 e. The number of benzene rings is 2. The first-order chi connectivity index (χ1) is 13.5. The zero-order valence-corrected chi connectivity index (χ0v) is 16.9. The van der Waals surface area contributed by atoms with E-state index in [0.29, 0.717) is 5.13 Å². The molecule has 1 atom stereocenters. The minimum Gasteiger partial charge on any atom is -0.497 e. The number of thiazole rings is 1. The molecule has 0 aliphatic carbocycles. The number of anilines is 1. The first-order valence-electron chi connectivity index (χ1n) is 9.05. The summed E-state index contributed by atoms with van der Waals surface area (Å²) in [6.45, 7) is 3.80. The summed E-state index contributed by atoms with van der Waals surface area (Å²) in [7, 11) is 1.61. The van der Waals surface area contributed by atoms with E-state index >= 15 is 0 Å². The zero-order valence-electron chi connectivity index (χ0n) is 16.1. The van der Waals surface area contributed by atoms with Crippen molar-refractivity contribution in [3.8, 4) is 5.75 Å². The van der Waals surface area contributed by atoms with Crippen LogP contribution in [0.1, 0.15) is 19.4 Å². The summed E-state index contributed by atoms with van der Waals surface area (Å²) in [6, 6.07) is 14.4. The Morgan fingerprint density at radius 2 is 1.89 bits per heavy atom. The maximum absolute atomic E-state index is 12.8. The summed E-state index contributed by atoms with van der Waals surface area (Å²) >= 11 is 1.37. The maximum atomic E-state index is 12.8. The predicted molar refractivity (Wildman–Crippen MR) is 112 cm³/mol. The van der Waals surface area contributed by atoms with Crippen LogP contribution in [0.25, 0.3) is 10.2 Å². The van der Waals surface area contributed by atoms with Crippen LogP contribution in [-0.4, -0.2) is 29.9 Å². The second-order valence-corrected chi connectivity index (χ2v) is 7.82. The van der Waals surface area contributed by atoms with E-state index in [-0.39, 0.29) is 24.2 Å². The van der Waals surface area contributed by atoms with E-state index in [2.05, 4.69) is 15.6 Å². The monoisotopic (exact) mass is 397 g/mol. The van der Waals surface area contributed by atoms with Gasteiger partial charge in [-0.25, -0.2) is 4.98 Å². The number of carbonyl (C=O) groups is 2. The van der Waals surface area contributed by atoms with Gasteiger partial charge in [0.05, 0.1) is 23.7 Å². The average Bonchev–Trinajstić information content (AvgIpc) is 3.07. The number of rotatable bonds is 7. The summed E-state index contributed by atoms with van der Waals surface area (Å²) in [6.07, 6.45) is 0.234. The van der Waals surface area contributed by atoms with Gasteiger partial charge in [-0.15, -0.1) is 0 Å². The van der Waals surface area contributed by atoms with Crippen LogP contribution in [-0.2, 0) is 16.0 Å². The fourth-order valence-corrected chi connectivity index (χ4v) is 3.71. The molecule has 3 rings (SSSR count). The highest BCUT2D eigenvalue weighted by molar-refractivity contribution is 7.22. The van der Waals surface area contributed by atoms with Crippen LogP contribution in [0.5, 0.6) is 5.75 Å². The van der Waals surface area contributed by atoms with Crippen molar-refractivity contribution >= 4 is 38.5 Å². The molecule has 6 nitrogen and oxygen atoms in total. The smallest absolute Gasteiger partial charge is 0.248 e. The average molecular weight is 398 g/mol. The van der Waals surface area contributed by atoms with Gasteiger partial charge in [0.25, 0.3) is 0 Å². The van der Waals surface area contributed by atoms with E-state index in [4.69, 9.17) is 4.74 Å². The van der Waals surface area contributed by atoms with Gasteiger partial charge in [0.1, 0.15) is 11.8 Å². The molecule has 0 aliphatic heterocycles. The third kappa shape index (κ3) is 4.86. The third-order valence-electron chi connectivity index (χ3n) is 4.30. The molecule has 1 aromatic heterocycles. The first-order valence-corrected chi connectivity index (χ1v) is 9.86. The van der Waals surface area contributed by atoms with E-state index in [1.165, 1.54) is 11.3 Å². The molecular formula is C21H23N3O3S. The number of nitrogens with zero attached hydrogens (tertiary/aromatic N) is 1. The van der Waals surface area contributed by atoms with Gasteiger partial charge in [-0.1, -0.05) is 55.5 Å². The van der Waals surface area contributed by atoms with Gasteiger partial charge >= 0.3 is 0 Å². The second-order valence-electron chi connectivity index (χ2n) is 6.79. The summed E-state index contributed by atoms with van der Waals surface area (Å²) < 4.78 is 6.14. The molecule has 0 aliphatic rings. The molecule has 2 amide bonds. The van der Waals surface area contributed by atoms with Crippen molar-refractivity contribution in [1.82, 2.24) is 10.3 Å². The van der Waals surface area contributed by atoms with Gasteiger partial charge < -0.3 is 15.4 Å². The Labute approximate surface area is 167 Å². The fourth-order valence-electron chi connectivity index (χ4n) is 2.81. The number of hydrogen-bond acceptors (Lipinski definition) is 5. The molecule has 2 N–H and O–H groups in total. The molecule has 0 bridgehead atoms. The normalized spacial score (nSPS) is 12.0. The first kappa shape index (κ1) is 19.8. The van der Waals surface area contributed by atoms with E-state index in [9.17, 15) is 9.59 Å². The predicted octanol–water partition coefficient (Wildman–Crippen LogP) is 3.63. The Morgan fingerprint density at radius 3 is 2.57 bits per heavy atom. The van der Waals surface area contributed by atoms with Gasteiger partial charge in [-0.3, -0.25) is 9.59 Å². The Morgan fingerprint density at radius 1 is 1.14 bits per heavy atom. The molecule has 1 heterocycles. The van der Waals surface area contributed by atoms with Crippen LogP contribution < -0.4 is 15.4 Å². The fraction of sp³-hybridized carbons (Fsp3) is 0.286. The number of methoxy groups -OCH3 is 1. The van der Waals surface area contributed by atoms with Crippen molar-refractivity contribution in [3.63, 3.8) is 0 Å². The quantitative estimate of drug-likeness (QED) is 0.638. The van der Waals surface area contributed by atoms with E-state index in [0.717, 1.165) is 21.5 Å². The Bertz CT molecular complexity index is 969. The van der Waals surface area contributed by atoms with Gasteiger partial charge in [0.15, 0.2) is 5.13 Å². The number of carbonyl (C=O) groups excluding carboxylic acids is 2. The van der Waals surface area contributed by atoms with Crippen molar-refractivity contribution in [2.24, 2.45) is 5.92 Å². The molecule has 7 heteroatoms. The Kier molecular flexibility index (Phi) is 6.26. The van der Waals surface area contributed by atoms with Crippen LogP contribution in [0.15, 0.2) is 48.5 Å². The molecule has 0 fully saturated rings. The number of ether oxygens (including phenoxy) is 1. The van der Waals surface area contributed by atoms with Crippen LogP contribution in [0.2, 0.25) is 0 Å². The van der Waals surface area contributed by atoms with E-state index < -0.39 is 6.04 Å². The number of amides is 2. The summed E-state index contributed by atoms with van der Waals surface area (Å²) in [5, 5.41) is 6.17. The van der Waals surface area contributed by atoms with Gasteiger partial charge in [0.2, 0.25) is 11.8 Å². The molecule has 146 valence electrons. The number of fused-ring (bicyclic) bond motifs is 1. The van der Waals surface area contributed by atoms with Crippen LogP contribution >= 0.6 is 11.3 Å². The lowest BCUT2D eigenvalue weighted by molar-refractivity contribution is -0.127. The minimum atomic E-state index is -0.641. The van der Waals surface area contributed by atoms with Gasteiger partial charge in [-0.2, -0.15) is 0 Å². The lowest BCUT2D eigenvalue weighted by Crippen LogP contribution is -2.47. The molecule has 28 heavy (non-hydrogen) atoms. The standard InChI is InChI=1S/C21H23N3O3S/c1-13(2)19(23-18(25)11-14-7-5-4-6-8-14)20(26)24-21-22-16-10-9-15(27-3)12-17(16)28-21/h4-10,12-13,19H,11H2,1-3H3,(H,23,25)(H,22,24,26). The van der Waals surface area contributed by atoms with Crippen molar-refractivity contribution in [3.05, 3.63) is 54.1 Å². The molecule has 0 spiro atoms. The van der Waals surface area contributed by atoms with Crippen molar-refractivity contribution < 1.29 is 14.3 Å². The van der Waals surface area contributed by atoms with E-state index in [1.54, 1.807) is 7.11 Å². The molecular weight excluding hydrogens is 374 g/mol. The van der Waals surface area contributed by atoms with E-state index in [1.807, 2.05) is 62.4 Å². The molecule has 2 aromatic carbocycles. The number of aromatic nitrogens is 1. The highest BCUT2D eigenvalue weighted by Gasteiger charge is 2.25. The molecule has 1 unspecified atom stereocenters. The Balaban J connectivity index is 1.68.